The van der Waals surface area contributed by atoms with E-state index in [1.807, 2.05) is 25.9 Å². The molecule has 0 aromatic rings. The van der Waals surface area contributed by atoms with Crippen LogP contribution in [0.4, 0.5) is 0 Å². The molecular formula is C9H17NO2. The summed E-state index contributed by atoms with van der Waals surface area (Å²) in [5, 5.41) is 0. The van der Waals surface area contributed by atoms with Crippen molar-refractivity contribution in [2.75, 3.05) is 21.2 Å². The second-order valence-electron chi connectivity index (χ2n) is 3.15. The summed E-state index contributed by atoms with van der Waals surface area (Å²) in [6.07, 6.45) is 2.31. The molecule has 0 heterocycles. The number of likely N-dealkylation sites (N-methyl/N-ethyl adjacent to an activating group) is 1. The van der Waals surface area contributed by atoms with Crippen molar-refractivity contribution >= 4 is 5.97 Å². The van der Waals surface area contributed by atoms with Crippen molar-refractivity contribution in [3.8, 4) is 0 Å². The number of methoxy groups -OCH3 is 1. The van der Waals surface area contributed by atoms with Gasteiger partial charge in [-0.25, -0.2) is 0 Å². The van der Waals surface area contributed by atoms with E-state index in [2.05, 4.69) is 6.58 Å². The molecule has 0 saturated carbocycles. The van der Waals surface area contributed by atoms with Gasteiger partial charge in [-0.05, 0) is 27.4 Å². The van der Waals surface area contributed by atoms with Gasteiger partial charge < -0.3 is 4.74 Å². The molecule has 12 heavy (non-hydrogen) atoms. The van der Waals surface area contributed by atoms with E-state index in [-0.39, 0.29) is 5.97 Å². The molecular weight excluding hydrogens is 154 g/mol. The first-order valence-electron chi connectivity index (χ1n) is 3.85. The molecule has 0 radical (unpaired) electrons. The first-order valence-corrected chi connectivity index (χ1v) is 3.85. The number of carbonyl (C=O) groups excluding carboxylic acids is 1. The standard InChI is InChI=1S/C9H17NO2/c1-6-7-9(2,10(3)4)8(11)12-5/h6H,1,7H2,2-5H3/t9-/m1/s1. The summed E-state index contributed by atoms with van der Waals surface area (Å²) in [5.41, 5.74) is -0.587. The van der Waals surface area contributed by atoms with Crippen molar-refractivity contribution in [1.29, 1.82) is 0 Å². The quantitative estimate of drug-likeness (QED) is 0.468. The molecule has 0 bridgehead atoms. The molecule has 70 valence electrons. The van der Waals surface area contributed by atoms with E-state index in [0.29, 0.717) is 6.42 Å². The van der Waals surface area contributed by atoms with Crippen molar-refractivity contribution in [2.45, 2.75) is 18.9 Å². The second-order valence-corrected chi connectivity index (χ2v) is 3.15. The molecule has 3 heteroatoms. The topological polar surface area (TPSA) is 29.5 Å². The Morgan fingerprint density at radius 1 is 1.67 bits per heavy atom. The maximum absolute atomic E-state index is 11.4. The summed E-state index contributed by atoms with van der Waals surface area (Å²) in [5.74, 6) is -0.229. The lowest BCUT2D eigenvalue weighted by Crippen LogP contribution is -2.48. The summed E-state index contributed by atoms with van der Waals surface area (Å²) in [7, 11) is 5.09. The fourth-order valence-electron chi connectivity index (χ4n) is 0.949. The summed E-state index contributed by atoms with van der Waals surface area (Å²) in [6, 6.07) is 0. The Morgan fingerprint density at radius 2 is 2.17 bits per heavy atom. The van der Waals surface area contributed by atoms with E-state index in [1.165, 1.54) is 7.11 Å². The van der Waals surface area contributed by atoms with Gasteiger partial charge in [-0.3, -0.25) is 9.69 Å². The Morgan fingerprint density at radius 3 is 2.42 bits per heavy atom. The van der Waals surface area contributed by atoms with E-state index in [4.69, 9.17) is 4.74 Å². The molecule has 0 aromatic heterocycles. The molecule has 0 aliphatic carbocycles. The highest BCUT2D eigenvalue weighted by atomic mass is 16.5. The summed E-state index contributed by atoms with van der Waals surface area (Å²) in [4.78, 5) is 13.2. The van der Waals surface area contributed by atoms with Crippen LogP contribution in [-0.2, 0) is 9.53 Å². The fraction of sp³-hybridized carbons (Fsp3) is 0.667. The summed E-state index contributed by atoms with van der Waals surface area (Å²) in [6.45, 7) is 5.44. The number of ether oxygens (including phenoxy) is 1. The molecule has 0 amide bonds. The Bertz CT molecular complexity index is 177. The van der Waals surface area contributed by atoms with Gasteiger partial charge in [0.05, 0.1) is 7.11 Å². The van der Waals surface area contributed by atoms with Gasteiger partial charge in [0.25, 0.3) is 0 Å². The highest BCUT2D eigenvalue weighted by Gasteiger charge is 2.35. The number of nitrogens with zero attached hydrogens (tertiary/aromatic N) is 1. The van der Waals surface area contributed by atoms with Crippen LogP contribution in [0, 0.1) is 0 Å². The van der Waals surface area contributed by atoms with Gasteiger partial charge in [-0.1, -0.05) is 6.08 Å². The second kappa shape index (κ2) is 4.26. The Labute approximate surface area is 74.0 Å². The summed E-state index contributed by atoms with van der Waals surface area (Å²) >= 11 is 0. The van der Waals surface area contributed by atoms with Crippen LogP contribution in [-0.4, -0.2) is 37.6 Å². The fourth-order valence-corrected chi connectivity index (χ4v) is 0.949. The van der Waals surface area contributed by atoms with Gasteiger partial charge in [0, 0.05) is 0 Å². The van der Waals surface area contributed by atoms with Crippen LogP contribution in [0.25, 0.3) is 0 Å². The van der Waals surface area contributed by atoms with Gasteiger partial charge >= 0.3 is 5.97 Å². The van der Waals surface area contributed by atoms with E-state index >= 15 is 0 Å². The third kappa shape index (κ3) is 2.08. The molecule has 0 spiro atoms. The molecule has 0 fully saturated rings. The van der Waals surface area contributed by atoms with Crippen LogP contribution in [0.15, 0.2) is 12.7 Å². The predicted octanol–water partition coefficient (Wildman–Crippen LogP) is 1.06. The zero-order valence-corrected chi connectivity index (χ0v) is 8.26. The molecule has 0 aromatic carbocycles. The number of hydrogen-bond donors (Lipinski definition) is 0. The van der Waals surface area contributed by atoms with Gasteiger partial charge in [0.1, 0.15) is 5.54 Å². The third-order valence-corrected chi connectivity index (χ3v) is 2.15. The van der Waals surface area contributed by atoms with E-state index in [9.17, 15) is 4.79 Å². The minimum atomic E-state index is -0.587. The van der Waals surface area contributed by atoms with Crippen LogP contribution in [0.2, 0.25) is 0 Å². The van der Waals surface area contributed by atoms with Crippen molar-refractivity contribution in [2.24, 2.45) is 0 Å². The molecule has 0 aliphatic rings. The van der Waals surface area contributed by atoms with Crippen molar-refractivity contribution in [1.82, 2.24) is 4.90 Å². The molecule has 3 nitrogen and oxygen atoms in total. The van der Waals surface area contributed by atoms with Crippen LogP contribution in [0.1, 0.15) is 13.3 Å². The lowest BCUT2D eigenvalue weighted by atomic mass is 9.97. The molecule has 0 unspecified atom stereocenters. The van der Waals surface area contributed by atoms with E-state index in [0.717, 1.165) is 0 Å². The zero-order chi connectivity index (χ0) is 9.78. The molecule has 1 atom stereocenters. The number of rotatable bonds is 4. The first-order chi connectivity index (χ1) is 5.49. The Balaban J connectivity index is 4.60. The van der Waals surface area contributed by atoms with E-state index < -0.39 is 5.54 Å². The SMILES string of the molecule is C=CC[C@](C)(C(=O)OC)N(C)C. The van der Waals surface area contributed by atoms with Crippen LogP contribution < -0.4 is 0 Å². The van der Waals surface area contributed by atoms with Gasteiger partial charge in [0.15, 0.2) is 0 Å². The van der Waals surface area contributed by atoms with Crippen molar-refractivity contribution in [3.05, 3.63) is 12.7 Å². The average Bonchev–Trinajstić information content (AvgIpc) is 2.03. The monoisotopic (exact) mass is 171 g/mol. The minimum absolute atomic E-state index is 0.229. The van der Waals surface area contributed by atoms with Crippen molar-refractivity contribution in [3.63, 3.8) is 0 Å². The maximum Gasteiger partial charge on any atom is 0.326 e. The predicted molar refractivity (Wildman–Crippen MR) is 48.9 cm³/mol. The molecule has 0 N–H and O–H groups in total. The average molecular weight is 171 g/mol. The number of esters is 1. The van der Waals surface area contributed by atoms with Crippen LogP contribution in [0.5, 0.6) is 0 Å². The molecule has 0 aliphatic heterocycles. The smallest absolute Gasteiger partial charge is 0.326 e. The normalized spacial score (nSPS) is 15.4. The summed E-state index contributed by atoms with van der Waals surface area (Å²) < 4.78 is 4.70. The lowest BCUT2D eigenvalue weighted by Gasteiger charge is -2.32. The molecule has 0 saturated heterocycles. The highest BCUT2D eigenvalue weighted by molar-refractivity contribution is 5.80. The first kappa shape index (κ1) is 11.2. The van der Waals surface area contributed by atoms with Gasteiger partial charge in [0.2, 0.25) is 0 Å². The number of carbonyl (C=O) groups is 1. The van der Waals surface area contributed by atoms with Gasteiger partial charge in [-0.2, -0.15) is 0 Å². The number of hydrogen-bond acceptors (Lipinski definition) is 3. The Hall–Kier alpha value is -0.830. The zero-order valence-electron chi connectivity index (χ0n) is 8.26. The minimum Gasteiger partial charge on any atom is -0.468 e. The maximum atomic E-state index is 11.4. The van der Waals surface area contributed by atoms with Gasteiger partial charge in [-0.15, -0.1) is 6.58 Å². The third-order valence-electron chi connectivity index (χ3n) is 2.15. The Kier molecular flexibility index (Phi) is 3.96. The van der Waals surface area contributed by atoms with Crippen molar-refractivity contribution < 1.29 is 9.53 Å². The molecule has 0 rings (SSSR count). The van der Waals surface area contributed by atoms with E-state index in [1.54, 1.807) is 6.08 Å². The largest absolute Gasteiger partial charge is 0.468 e. The van der Waals surface area contributed by atoms with Crippen LogP contribution in [0.3, 0.4) is 0 Å². The van der Waals surface area contributed by atoms with Crippen LogP contribution >= 0.6 is 0 Å². The highest BCUT2D eigenvalue weighted by Crippen LogP contribution is 2.18. The lowest BCUT2D eigenvalue weighted by molar-refractivity contribution is -0.152.